The number of nitrogens with two attached hydrogens (primary N) is 1. The Kier molecular flexibility index (Phi) is 9.51. The summed E-state index contributed by atoms with van der Waals surface area (Å²) < 4.78 is 0. The lowest BCUT2D eigenvalue weighted by atomic mass is 9.70. The van der Waals surface area contributed by atoms with Gasteiger partial charge in [-0.3, -0.25) is 9.59 Å². The zero-order chi connectivity index (χ0) is 30.1. The first-order valence-electron chi connectivity index (χ1n) is 15.7. The van der Waals surface area contributed by atoms with Crippen molar-refractivity contribution < 1.29 is 9.59 Å². The Morgan fingerprint density at radius 3 is 2.32 bits per heavy atom. The Balaban J connectivity index is 1.60. The fourth-order valence-electron chi connectivity index (χ4n) is 8.01. The second-order valence-corrected chi connectivity index (χ2v) is 13.8. The molecule has 0 saturated heterocycles. The summed E-state index contributed by atoms with van der Waals surface area (Å²) in [5.41, 5.74) is 11.1. The molecule has 0 radical (unpaired) electrons. The SMILES string of the molecule is C=C(N)C(=C)C(C/C=C/C)NC(=O)C1C(C(=C)C(CC(=O)CC(C)CC)C2Cc3ccccc3C2)CC2C1C2(C)C. The molecular weight excluding hydrogens is 504 g/mol. The number of rotatable bonds is 14. The monoisotopic (exact) mass is 556 g/mol. The van der Waals surface area contributed by atoms with Gasteiger partial charge in [0.1, 0.15) is 5.78 Å². The number of amides is 1. The number of hydrogen-bond acceptors (Lipinski definition) is 3. The average Bonchev–Trinajstić information content (AvgIpc) is 3.31. The number of fused-ring (bicyclic) bond motifs is 2. The second-order valence-electron chi connectivity index (χ2n) is 13.8. The molecule has 7 unspecified atom stereocenters. The third kappa shape index (κ3) is 6.47. The second kappa shape index (κ2) is 12.5. The standard InChI is InChI=1S/C37H52N2O2/c1-9-11-16-33(23(4)25(6)38)39-36(41)34-31(21-32-35(34)37(32,7)8)24(5)30(20-29(40)17-22(3)10-2)28-18-26-14-12-13-15-27(26)19-28/h9,11-15,22,28,30-35H,4-6,10,16-21,38H2,1-3,7-8H3,(H,39,41)/b11-9+. The summed E-state index contributed by atoms with van der Waals surface area (Å²) in [6.45, 7) is 23.6. The number of nitrogens with one attached hydrogen (secondary N) is 1. The van der Waals surface area contributed by atoms with Crippen LogP contribution >= 0.6 is 0 Å². The molecule has 2 saturated carbocycles. The Hall–Kier alpha value is -2.88. The summed E-state index contributed by atoms with van der Waals surface area (Å²) in [7, 11) is 0. The molecule has 0 bridgehead atoms. The normalized spacial score (nSPS) is 26.6. The molecule has 4 nitrogen and oxygen atoms in total. The summed E-state index contributed by atoms with van der Waals surface area (Å²) in [4.78, 5) is 27.6. The van der Waals surface area contributed by atoms with Gasteiger partial charge in [0.25, 0.3) is 0 Å². The molecule has 1 amide bonds. The van der Waals surface area contributed by atoms with Crippen molar-refractivity contribution in [1.82, 2.24) is 5.32 Å². The van der Waals surface area contributed by atoms with Gasteiger partial charge >= 0.3 is 0 Å². The fraction of sp³-hybridized carbons (Fsp3) is 0.568. The number of allylic oxidation sites excluding steroid dienone is 2. The third-order valence-corrected chi connectivity index (χ3v) is 10.9. The van der Waals surface area contributed by atoms with Gasteiger partial charge in [-0.2, -0.15) is 0 Å². The molecule has 1 aromatic carbocycles. The fourth-order valence-corrected chi connectivity index (χ4v) is 8.01. The summed E-state index contributed by atoms with van der Waals surface area (Å²) in [6, 6.07) is 8.38. The molecule has 2 fully saturated rings. The molecule has 4 rings (SSSR count). The average molecular weight is 557 g/mol. The molecule has 41 heavy (non-hydrogen) atoms. The Bertz CT molecular complexity index is 1200. The first-order chi connectivity index (χ1) is 19.4. The molecule has 1 aromatic rings. The van der Waals surface area contributed by atoms with Crippen LogP contribution in [0.2, 0.25) is 0 Å². The van der Waals surface area contributed by atoms with E-state index in [1.165, 1.54) is 11.1 Å². The summed E-state index contributed by atoms with van der Waals surface area (Å²) >= 11 is 0. The van der Waals surface area contributed by atoms with Gasteiger partial charge in [-0.05, 0) is 90.2 Å². The molecule has 0 aliphatic heterocycles. The number of benzene rings is 1. The van der Waals surface area contributed by atoms with Crippen LogP contribution < -0.4 is 11.1 Å². The zero-order valence-corrected chi connectivity index (χ0v) is 26.0. The highest BCUT2D eigenvalue weighted by atomic mass is 16.2. The van der Waals surface area contributed by atoms with Gasteiger partial charge in [0.2, 0.25) is 5.91 Å². The van der Waals surface area contributed by atoms with Crippen molar-refractivity contribution in [3.05, 3.63) is 84.1 Å². The quantitative estimate of drug-likeness (QED) is 0.186. The van der Waals surface area contributed by atoms with E-state index < -0.39 is 0 Å². The van der Waals surface area contributed by atoms with Crippen molar-refractivity contribution in [3.8, 4) is 0 Å². The molecule has 0 aromatic heterocycles. The highest BCUT2D eigenvalue weighted by Crippen LogP contribution is 2.72. The Morgan fingerprint density at radius 2 is 1.76 bits per heavy atom. The van der Waals surface area contributed by atoms with Crippen LogP contribution in [0, 0.1) is 46.8 Å². The predicted molar refractivity (Wildman–Crippen MR) is 170 cm³/mol. The molecule has 0 spiro atoms. The highest BCUT2D eigenvalue weighted by molar-refractivity contribution is 5.82. The van der Waals surface area contributed by atoms with Crippen LogP contribution in [0.4, 0.5) is 0 Å². The smallest absolute Gasteiger partial charge is 0.224 e. The molecule has 3 aliphatic rings. The molecular formula is C37H52N2O2. The van der Waals surface area contributed by atoms with E-state index in [1.54, 1.807) is 0 Å². The molecule has 3 N–H and O–H groups in total. The lowest BCUT2D eigenvalue weighted by molar-refractivity contribution is -0.127. The first-order valence-corrected chi connectivity index (χ1v) is 15.7. The van der Waals surface area contributed by atoms with Crippen molar-refractivity contribution in [3.63, 3.8) is 0 Å². The molecule has 7 atom stereocenters. The van der Waals surface area contributed by atoms with Gasteiger partial charge in [0.15, 0.2) is 0 Å². The van der Waals surface area contributed by atoms with Crippen molar-refractivity contribution in [2.45, 2.75) is 85.6 Å². The molecule has 222 valence electrons. The van der Waals surface area contributed by atoms with Gasteiger partial charge in [-0.25, -0.2) is 0 Å². The minimum atomic E-state index is -0.289. The Labute approximate surface area is 248 Å². The van der Waals surface area contributed by atoms with Crippen LogP contribution in [0.15, 0.2) is 73.0 Å². The van der Waals surface area contributed by atoms with Gasteiger partial charge in [-0.1, -0.05) is 95.8 Å². The number of carbonyl (C=O) groups excluding carboxylic acids is 2. The van der Waals surface area contributed by atoms with Crippen molar-refractivity contribution in [2.24, 2.45) is 52.6 Å². The number of hydrogen-bond donors (Lipinski definition) is 2. The summed E-state index contributed by atoms with van der Waals surface area (Å²) in [5, 5.41) is 3.31. The Morgan fingerprint density at radius 1 is 1.12 bits per heavy atom. The number of carbonyl (C=O) groups is 2. The van der Waals surface area contributed by atoms with Gasteiger partial charge < -0.3 is 11.1 Å². The van der Waals surface area contributed by atoms with Crippen LogP contribution in [0.3, 0.4) is 0 Å². The van der Waals surface area contributed by atoms with Gasteiger partial charge in [0, 0.05) is 24.5 Å². The maximum absolute atomic E-state index is 14.2. The topological polar surface area (TPSA) is 72.2 Å². The maximum atomic E-state index is 14.2. The van der Waals surface area contributed by atoms with Crippen molar-refractivity contribution in [2.75, 3.05) is 0 Å². The van der Waals surface area contributed by atoms with E-state index in [2.05, 4.69) is 70.4 Å². The third-order valence-electron chi connectivity index (χ3n) is 10.9. The highest BCUT2D eigenvalue weighted by Gasteiger charge is 2.69. The van der Waals surface area contributed by atoms with Crippen LogP contribution in [0.1, 0.15) is 77.8 Å². The predicted octanol–water partition coefficient (Wildman–Crippen LogP) is 7.36. The van der Waals surface area contributed by atoms with E-state index in [4.69, 9.17) is 12.3 Å². The largest absolute Gasteiger partial charge is 0.399 e. The van der Waals surface area contributed by atoms with E-state index in [0.717, 1.165) is 31.3 Å². The van der Waals surface area contributed by atoms with Crippen molar-refractivity contribution >= 4 is 11.7 Å². The lowest BCUT2D eigenvalue weighted by Gasteiger charge is -2.35. The van der Waals surface area contributed by atoms with Gasteiger partial charge in [0.05, 0.1) is 6.04 Å². The minimum Gasteiger partial charge on any atom is -0.399 e. The van der Waals surface area contributed by atoms with E-state index in [9.17, 15) is 9.59 Å². The van der Waals surface area contributed by atoms with E-state index >= 15 is 0 Å². The number of ketones is 1. The van der Waals surface area contributed by atoms with Crippen molar-refractivity contribution in [1.29, 1.82) is 0 Å². The molecule has 0 heterocycles. The summed E-state index contributed by atoms with van der Waals surface area (Å²) in [5.74, 6) is 1.92. The van der Waals surface area contributed by atoms with Crippen LogP contribution in [0.25, 0.3) is 0 Å². The van der Waals surface area contributed by atoms with Crippen LogP contribution in [0.5, 0.6) is 0 Å². The lowest BCUT2D eigenvalue weighted by Crippen LogP contribution is -2.44. The zero-order valence-electron chi connectivity index (χ0n) is 26.0. The van der Waals surface area contributed by atoms with Gasteiger partial charge in [-0.15, -0.1) is 0 Å². The minimum absolute atomic E-state index is 0.0607. The van der Waals surface area contributed by atoms with E-state index in [1.807, 2.05) is 19.1 Å². The maximum Gasteiger partial charge on any atom is 0.224 e. The van der Waals surface area contributed by atoms with E-state index in [-0.39, 0.29) is 35.1 Å². The van der Waals surface area contributed by atoms with Crippen LogP contribution in [-0.4, -0.2) is 17.7 Å². The summed E-state index contributed by atoms with van der Waals surface area (Å²) in [6.07, 6.45) is 9.70. The first kappa shape index (κ1) is 31.1. The van der Waals surface area contributed by atoms with E-state index in [0.29, 0.717) is 60.0 Å². The molecule has 3 aliphatic carbocycles. The number of Topliss-reactive ketones (excluding diaryl/α,β-unsaturated/α-hetero) is 1. The van der Waals surface area contributed by atoms with Crippen LogP contribution in [-0.2, 0) is 22.4 Å². The molecule has 4 heteroatoms.